The molecule has 2 aromatic carbocycles. The Morgan fingerprint density at radius 1 is 1.11 bits per heavy atom. The standard InChI is InChI=1S/C18H18BrN3O4S/c1-25-16-10-14(19)18(11-17(16)26-2)27(23,24)21-15-7-4-3-6-13(15)12-22-9-5-8-20-22/h3-11,21H,12H2,1-2H3. The number of halogens is 1. The Kier molecular flexibility index (Phi) is 5.71. The second kappa shape index (κ2) is 8.01. The van der Waals surface area contributed by atoms with Gasteiger partial charge in [0, 0.05) is 22.9 Å². The van der Waals surface area contributed by atoms with Gasteiger partial charge in [0.25, 0.3) is 10.0 Å². The van der Waals surface area contributed by atoms with Gasteiger partial charge in [0.05, 0.1) is 26.5 Å². The summed E-state index contributed by atoms with van der Waals surface area (Å²) in [5.41, 5.74) is 1.27. The first-order chi connectivity index (χ1) is 12.9. The van der Waals surface area contributed by atoms with Gasteiger partial charge in [0.2, 0.25) is 0 Å². The smallest absolute Gasteiger partial charge is 0.263 e. The van der Waals surface area contributed by atoms with Crippen molar-refractivity contribution in [3.63, 3.8) is 0 Å². The van der Waals surface area contributed by atoms with Crippen molar-refractivity contribution < 1.29 is 17.9 Å². The Balaban J connectivity index is 1.96. The Bertz CT molecular complexity index is 1040. The zero-order valence-electron chi connectivity index (χ0n) is 14.7. The Hall–Kier alpha value is -2.52. The SMILES string of the molecule is COc1cc(Br)c(S(=O)(=O)Nc2ccccc2Cn2cccn2)cc1OC. The summed E-state index contributed by atoms with van der Waals surface area (Å²) in [5.74, 6) is 0.758. The minimum atomic E-state index is -3.87. The van der Waals surface area contributed by atoms with Crippen LogP contribution in [0.1, 0.15) is 5.56 Å². The molecule has 27 heavy (non-hydrogen) atoms. The van der Waals surface area contributed by atoms with Crippen LogP contribution in [-0.4, -0.2) is 32.4 Å². The number of nitrogens with one attached hydrogen (secondary N) is 1. The first-order valence-electron chi connectivity index (χ1n) is 7.94. The summed E-state index contributed by atoms with van der Waals surface area (Å²) >= 11 is 3.30. The molecule has 0 bridgehead atoms. The van der Waals surface area contributed by atoms with Crippen molar-refractivity contribution in [3.8, 4) is 11.5 Å². The molecule has 9 heteroatoms. The molecule has 3 aromatic rings. The quantitative estimate of drug-likeness (QED) is 0.594. The Morgan fingerprint density at radius 3 is 2.48 bits per heavy atom. The van der Waals surface area contributed by atoms with Crippen LogP contribution in [0.5, 0.6) is 11.5 Å². The van der Waals surface area contributed by atoms with Crippen LogP contribution in [0, 0.1) is 0 Å². The molecule has 0 unspecified atom stereocenters. The maximum atomic E-state index is 13.0. The molecule has 0 fully saturated rings. The van der Waals surface area contributed by atoms with Crippen molar-refractivity contribution in [2.75, 3.05) is 18.9 Å². The zero-order valence-corrected chi connectivity index (χ0v) is 17.1. The normalized spacial score (nSPS) is 11.2. The topological polar surface area (TPSA) is 82.5 Å². The second-order valence-electron chi connectivity index (χ2n) is 5.60. The molecule has 1 heterocycles. The molecule has 142 valence electrons. The van der Waals surface area contributed by atoms with Crippen molar-refractivity contribution >= 4 is 31.6 Å². The van der Waals surface area contributed by atoms with Crippen LogP contribution in [0.15, 0.2) is 64.2 Å². The first-order valence-corrected chi connectivity index (χ1v) is 10.2. The van der Waals surface area contributed by atoms with Crippen LogP contribution in [0.25, 0.3) is 0 Å². The number of nitrogens with zero attached hydrogens (tertiary/aromatic N) is 2. The molecule has 0 radical (unpaired) electrons. The van der Waals surface area contributed by atoms with Gasteiger partial charge in [-0.05, 0) is 39.7 Å². The third-order valence-electron chi connectivity index (χ3n) is 3.88. The molecule has 0 aliphatic carbocycles. The predicted molar refractivity (Wildman–Crippen MR) is 106 cm³/mol. The monoisotopic (exact) mass is 451 g/mol. The number of ether oxygens (including phenoxy) is 2. The van der Waals surface area contributed by atoms with Gasteiger partial charge >= 0.3 is 0 Å². The van der Waals surface area contributed by atoms with Gasteiger partial charge < -0.3 is 9.47 Å². The highest BCUT2D eigenvalue weighted by atomic mass is 79.9. The maximum Gasteiger partial charge on any atom is 0.263 e. The average molecular weight is 452 g/mol. The fourth-order valence-corrected chi connectivity index (χ4v) is 4.71. The third-order valence-corrected chi connectivity index (χ3v) is 6.20. The van der Waals surface area contributed by atoms with E-state index in [9.17, 15) is 8.42 Å². The van der Waals surface area contributed by atoms with Crippen LogP contribution in [0.4, 0.5) is 5.69 Å². The van der Waals surface area contributed by atoms with E-state index in [0.717, 1.165) is 5.56 Å². The van der Waals surface area contributed by atoms with Crippen LogP contribution in [0.3, 0.4) is 0 Å². The second-order valence-corrected chi connectivity index (χ2v) is 8.11. The average Bonchev–Trinajstić information content (AvgIpc) is 3.15. The van der Waals surface area contributed by atoms with Gasteiger partial charge in [0.15, 0.2) is 11.5 Å². The number of aromatic nitrogens is 2. The van der Waals surface area contributed by atoms with E-state index in [1.54, 1.807) is 29.1 Å². The first kappa shape index (κ1) is 19.2. The van der Waals surface area contributed by atoms with E-state index in [-0.39, 0.29) is 4.90 Å². The predicted octanol–water partition coefficient (Wildman–Crippen LogP) is 3.51. The Labute approximate surface area is 166 Å². The van der Waals surface area contributed by atoms with E-state index < -0.39 is 10.0 Å². The van der Waals surface area contributed by atoms with Crippen LogP contribution < -0.4 is 14.2 Å². The van der Waals surface area contributed by atoms with E-state index in [1.165, 1.54) is 20.3 Å². The highest BCUT2D eigenvalue weighted by Crippen LogP contribution is 2.36. The summed E-state index contributed by atoms with van der Waals surface area (Å²) in [4.78, 5) is 0.0500. The molecule has 0 spiro atoms. The number of hydrogen-bond donors (Lipinski definition) is 1. The fraction of sp³-hybridized carbons (Fsp3) is 0.167. The number of anilines is 1. The molecule has 0 saturated heterocycles. The minimum Gasteiger partial charge on any atom is -0.493 e. The van der Waals surface area contributed by atoms with Crippen molar-refractivity contribution in [2.45, 2.75) is 11.4 Å². The van der Waals surface area contributed by atoms with Gasteiger partial charge in [-0.15, -0.1) is 0 Å². The lowest BCUT2D eigenvalue weighted by Crippen LogP contribution is -2.16. The van der Waals surface area contributed by atoms with Crippen LogP contribution in [-0.2, 0) is 16.6 Å². The van der Waals surface area contributed by atoms with E-state index in [4.69, 9.17) is 9.47 Å². The molecule has 0 amide bonds. The summed E-state index contributed by atoms with van der Waals surface area (Å²) in [7, 11) is -0.923. The largest absolute Gasteiger partial charge is 0.493 e. The molecule has 7 nitrogen and oxygen atoms in total. The molecular formula is C18H18BrN3O4S. The lowest BCUT2D eigenvalue weighted by molar-refractivity contribution is 0.353. The van der Waals surface area contributed by atoms with Gasteiger partial charge in [0.1, 0.15) is 4.90 Å². The van der Waals surface area contributed by atoms with E-state index in [0.29, 0.717) is 28.2 Å². The number of rotatable bonds is 7. The van der Waals surface area contributed by atoms with Crippen LogP contribution in [0.2, 0.25) is 0 Å². The summed E-state index contributed by atoms with van der Waals surface area (Å²) in [5, 5.41) is 4.16. The summed E-state index contributed by atoms with van der Waals surface area (Å²) in [6.45, 7) is 0.443. The zero-order chi connectivity index (χ0) is 19.4. The summed E-state index contributed by atoms with van der Waals surface area (Å²) in [6, 6.07) is 12.0. The van der Waals surface area contributed by atoms with Gasteiger partial charge in [-0.3, -0.25) is 9.40 Å². The van der Waals surface area contributed by atoms with E-state index in [1.807, 2.05) is 24.4 Å². The van der Waals surface area contributed by atoms with Crippen LogP contribution >= 0.6 is 15.9 Å². The summed E-state index contributed by atoms with van der Waals surface area (Å²) in [6.07, 6.45) is 3.49. The molecular weight excluding hydrogens is 434 g/mol. The molecule has 0 atom stereocenters. The Morgan fingerprint density at radius 2 is 1.81 bits per heavy atom. The molecule has 3 rings (SSSR count). The van der Waals surface area contributed by atoms with Gasteiger partial charge in [-0.25, -0.2) is 8.42 Å². The minimum absolute atomic E-state index is 0.0500. The number of sulfonamides is 1. The van der Waals surface area contributed by atoms with Crippen molar-refractivity contribution in [1.29, 1.82) is 0 Å². The number of hydrogen-bond acceptors (Lipinski definition) is 5. The third kappa shape index (κ3) is 4.25. The molecule has 0 aliphatic heterocycles. The number of para-hydroxylation sites is 1. The van der Waals surface area contributed by atoms with Gasteiger partial charge in [-0.1, -0.05) is 18.2 Å². The molecule has 1 N–H and O–H groups in total. The lowest BCUT2D eigenvalue weighted by Gasteiger charge is -2.15. The molecule has 1 aromatic heterocycles. The van der Waals surface area contributed by atoms with Crippen molar-refractivity contribution in [3.05, 3.63) is 64.9 Å². The molecule has 0 saturated carbocycles. The number of methoxy groups -OCH3 is 2. The van der Waals surface area contributed by atoms with E-state index >= 15 is 0 Å². The molecule has 0 aliphatic rings. The highest BCUT2D eigenvalue weighted by molar-refractivity contribution is 9.10. The van der Waals surface area contributed by atoms with E-state index in [2.05, 4.69) is 25.8 Å². The fourth-order valence-electron chi connectivity index (χ4n) is 2.57. The highest BCUT2D eigenvalue weighted by Gasteiger charge is 2.22. The van der Waals surface area contributed by atoms with Crippen molar-refractivity contribution in [1.82, 2.24) is 9.78 Å². The van der Waals surface area contributed by atoms with Gasteiger partial charge in [-0.2, -0.15) is 5.10 Å². The maximum absolute atomic E-state index is 13.0. The summed E-state index contributed by atoms with van der Waals surface area (Å²) < 4.78 is 41.1. The van der Waals surface area contributed by atoms with Crippen molar-refractivity contribution in [2.24, 2.45) is 0 Å². The number of benzene rings is 2. The lowest BCUT2D eigenvalue weighted by atomic mass is 10.2.